The monoisotopic (exact) mass is 280 g/mol. The lowest BCUT2D eigenvalue weighted by atomic mass is 10.0. The molecule has 1 N–H and O–H groups in total. The van der Waals surface area contributed by atoms with E-state index in [9.17, 15) is 0 Å². The number of nitrogens with one attached hydrogen (secondary N) is 1. The van der Waals surface area contributed by atoms with Crippen molar-refractivity contribution in [3.63, 3.8) is 0 Å². The van der Waals surface area contributed by atoms with E-state index in [1.807, 2.05) is 37.4 Å². The maximum atomic E-state index is 6.03. The molecule has 1 heterocycles. The Labute approximate surface area is 117 Å². The Kier molecular flexibility index (Phi) is 4.59. The second-order valence-corrected chi connectivity index (χ2v) is 4.94. The van der Waals surface area contributed by atoms with Crippen molar-refractivity contribution in [2.45, 2.75) is 12.5 Å². The average molecular weight is 281 g/mol. The van der Waals surface area contributed by atoms with Crippen molar-refractivity contribution in [2.24, 2.45) is 0 Å². The van der Waals surface area contributed by atoms with Crippen LogP contribution in [0.4, 0.5) is 0 Å². The quantitative estimate of drug-likeness (QED) is 0.919. The number of likely N-dealkylation sites (N-methyl/N-ethyl adjacent to an activating group) is 1. The van der Waals surface area contributed by atoms with E-state index in [0.717, 1.165) is 17.7 Å². The van der Waals surface area contributed by atoms with Gasteiger partial charge in [-0.2, -0.15) is 0 Å². The number of nitrogens with zero attached hydrogens (tertiary/aromatic N) is 1. The maximum absolute atomic E-state index is 6.03. The molecule has 0 aliphatic carbocycles. The van der Waals surface area contributed by atoms with Gasteiger partial charge in [0.05, 0.1) is 0 Å². The Hall–Kier alpha value is -1.09. The Morgan fingerprint density at radius 3 is 2.44 bits per heavy atom. The predicted octanol–water partition coefficient (Wildman–Crippen LogP) is 3.89. The highest BCUT2D eigenvalue weighted by Gasteiger charge is 2.12. The Morgan fingerprint density at radius 2 is 1.89 bits per heavy atom. The van der Waals surface area contributed by atoms with Crippen LogP contribution >= 0.6 is 23.2 Å². The lowest BCUT2D eigenvalue weighted by molar-refractivity contribution is 0.584. The molecule has 0 aliphatic heterocycles. The van der Waals surface area contributed by atoms with Crippen LogP contribution in [-0.4, -0.2) is 12.0 Å². The molecule has 0 radical (unpaired) electrons. The summed E-state index contributed by atoms with van der Waals surface area (Å²) in [5.41, 5.74) is 2.11. The van der Waals surface area contributed by atoms with Crippen molar-refractivity contribution < 1.29 is 0 Å². The van der Waals surface area contributed by atoms with Gasteiger partial charge < -0.3 is 5.32 Å². The molecule has 0 fully saturated rings. The van der Waals surface area contributed by atoms with Crippen molar-refractivity contribution in [1.82, 2.24) is 10.3 Å². The molecule has 4 heteroatoms. The second-order valence-electron chi connectivity index (χ2n) is 4.07. The first-order chi connectivity index (χ1) is 8.69. The van der Waals surface area contributed by atoms with Crippen molar-refractivity contribution in [1.29, 1.82) is 0 Å². The molecule has 0 amide bonds. The van der Waals surface area contributed by atoms with E-state index in [1.165, 1.54) is 0 Å². The van der Waals surface area contributed by atoms with E-state index < -0.39 is 0 Å². The van der Waals surface area contributed by atoms with Gasteiger partial charge >= 0.3 is 0 Å². The maximum Gasteiger partial charge on any atom is 0.0424 e. The fraction of sp³-hybridized carbons (Fsp3) is 0.214. The molecule has 0 bridgehead atoms. The molecule has 1 unspecified atom stereocenters. The van der Waals surface area contributed by atoms with E-state index in [1.54, 1.807) is 12.3 Å². The molecule has 2 nitrogen and oxygen atoms in total. The molecular formula is C14H14Cl2N2. The van der Waals surface area contributed by atoms with Crippen molar-refractivity contribution in [3.8, 4) is 0 Å². The predicted molar refractivity (Wildman–Crippen MR) is 76.2 cm³/mol. The molecule has 2 rings (SSSR count). The third kappa shape index (κ3) is 3.45. The van der Waals surface area contributed by atoms with E-state index in [-0.39, 0.29) is 6.04 Å². The van der Waals surface area contributed by atoms with Crippen LogP contribution in [0.3, 0.4) is 0 Å². The number of pyridine rings is 1. The summed E-state index contributed by atoms with van der Waals surface area (Å²) in [5, 5.41) is 4.57. The molecule has 1 aromatic carbocycles. The highest BCUT2D eigenvalue weighted by molar-refractivity contribution is 6.34. The fourth-order valence-electron chi connectivity index (χ4n) is 1.89. The summed E-state index contributed by atoms with van der Waals surface area (Å²) in [6.45, 7) is 0. The normalized spacial score (nSPS) is 12.4. The van der Waals surface area contributed by atoms with Gasteiger partial charge in [0.15, 0.2) is 0 Å². The van der Waals surface area contributed by atoms with E-state index >= 15 is 0 Å². The largest absolute Gasteiger partial charge is 0.313 e. The summed E-state index contributed by atoms with van der Waals surface area (Å²) >= 11 is 12.1. The molecule has 0 saturated carbocycles. The minimum absolute atomic E-state index is 0.149. The van der Waals surface area contributed by atoms with Crippen LogP contribution < -0.4 is 5.32 Å². The SMILES string of the molecule is CNC(Cc1ccccn1)c1cc(Cl)cc(Cl)c1. The van der Waals surface area contributed by atoms with E-state index in [0.29, 0.717) is 10.0 Å². The van der Waals surface area contributed by atoms with Crippen LogP contribution in [0, 0.1) is 0 Å². The summed E-state index contributed by atoms with van der Waals surface area (Å²) in [7, 11) is 1.92. The molecule has 1 aromatic heterocycles. The standard InChI is InChI=1S/C14H14Cl2N2/c1-17-14(9-13-4-2-3-5-18-13)10-6-11(15)8-12(16)7-10/h2-8,14,17H,9H2,1H3. The zero-order valence-electron chi connectivity index (χ0n) is 10.0. The van der Waals surface area contributed by atoms with Crippen molar-refractivity contribution >= 4 is 23.2 Å². The Balaban J connectivity index is 2.23. The van der Waals surface area contributed by atoms with Gasteiger partial charge in [-0.05, 0) is 42.9 Å². The topological polar surface area (TPSA) is 24.9 Å². The van der Waals surface area contributed by atoms with Gasteiger partial charge in [0, 0.05) is 34.4 Å². The van der Waals surface area contributed by atoms with Gasteiger partial charge in [0.25, 0.3) is 0 Å². The van der Waals surface area contributed by atoms with Crippen LogP contribution in [0.5, 0.6) is 0 Å². The first kappa shape index (κ1) is 13.3. The number of halogens is 2. The van der Waals surface area contributed by atoms with Crippen LogP contribution in [0.1, 0.15) is 17.3 Å². The molecule has 94 valence electrons. The first-order valence-electron chi connectivity index (χ1n) is 5.72. The van der Waals surface area contributed by atoms with Gasteiger partial charge in [0.1, 0.15) is 0 Å². The fourth-order valence-corrected chi connectivity index (χ4v) is 2.43. The van der Waals surface area contributed by atoms with E-state index in [2.05, 4.69) is 10.3 Å². The van der Waals surface area contributed by atoms with Gasteiger partial charge in [-0.3, -0.25) is 4.98 Å². The number of hydrogen-bond donors (Lipinski definition) is 1. The van der Waals surface area contributed by atoms with Gasteiger partial charge in [0.2, 0.25) is 0 Å². The summed E-state index contributed by atoms with van der Waals surface area (Å²) in [5.74, 6) is 0. The molecule has 18 heavy (non-hydrogen) atoms. The van der Waals surface area contributed by atoms with E-state index in [4.69, 9.17) is 23.2 Å². The summed E-state index contributed by atoms with van der Waals surface area (Å²) in [4.78, 5) is 4.33. The van der Waals surface area contributed by atoms with Gasteiger partial charge in [-0.1, -0.05) is 29.3 Å². The molecule has 0 aliphatic rings. The summed E-state index contributed by atoms with van der Waals surface area (Å²) < 4.78 is 0. The number of rotatable bonds is 4. The van der Waals surface area contributed by atoms with Gasteiger partial charge in [-0.25, -0.2) is 0 Å². The molecule has 0 saturated heterocycles. The van der Waals surface area contributed by atoms with Gasteiger partial charge in [-0.15, -0.1) is 0 Å². The molecule has 2 aromatic rings. The van der Waals surface area contributed by atoms with Crippen LogP contribution in [0.25, 0.3) is 0 Å². The lowest BCUT2D eigenvalue weighted by Crippen LogP contribution is -2.19. The highest BCUT2D eigenvalue weighted by Crippen LogP contribution is 2.25. The zero-order valence-corrected chi connectivity index (χ0v) is 11.5. The Morgan fingerprint density at radius 1 is 1.17 bits per heavy atom. The Bertz CT molecular complexity index is 494. The third-order valence-corrected chi connectivity index (χ3v) is 3.21. The summed E-state index contributed by atoms with van der Waals surface area (Å²) in [6, 6.07) is 11.6. The minimum Gasteiger partial charge on any atom is -0.313 e. The minimum atomic E-state index is 0.149. The molecule has 0 spiro atoms. The van der Waals surface area contributed by atoms with Crippen LogP contribution in [-0.2, 0) is 6.42 Å². The second kappa shape index (κ2) is 6.19. The number of aromatic nitrogens is 1. The number of hydrogen-bond acceptors (Lipinski definition) is 2. The third-order valence-electron chi connectivity index (χ3n) is 2.78. The molecular weight excluding hydrogens is 267 g/mol. The zero-order chi connectivity index (χ0) is 13.0. The van der Waals surface area contributed by atoms with Crippen LogP contribution in [0.2, 0.25) is 10.0 Å². The summed E-state index contributed by atoms with van der Waals surface area (Å²) in [6.07, 6.45) is 2.60. The first-order valence-corrected chi connectivity index (χ1v) is 6.48. The van der Waals surface area contributed by atoms with Crippen molar-refractivity contribution in [2.75, 3.05) is 7.05 Å². The lowest BCUT2D eigenvalue weighted by Gasteiger charge is -2.17. The number of benzene rings is 1. The molecule has 1 atom stereocenters. The average Bonchev–Trinajstić information content (AvgIpc) is 2.36. The van der Waals surface area contributed by atoms with Crippen molar-refractivity contribution in [3.05, 3.63) is 63.9 Å². The smallest absolute Gasteiger partial charge is 0.0424 e. The highest BCUT2D eigenvalue weighted by atomic mass is 35.5. The van der Waals surface area contributed by atoms with Crippen LogP contribution in [0.15, 0.2) is 42.6 Å².